The number of ether oxygens (including phenoxy) is 1. The van der Waals surface area contributed by atoms with Crippen LogP contribution in [0.4, 0.5) is 23.7 Å². The van der Waals surface area contributed by atoms with Crippen molar-refractivity contribution in [2.75, 3.05) is 24.5 Å². The van der Waals surface area contributed by atoms with Crippen LogP contribution in [0.3, 0.4) is 0 Å². The van der Waals surface area contributed by atoms with Crippen LogP contribution in [0, 0.1) is 0 Å². The number of anilines is 1. The maximum absolute atomic E-state index is 13.5. The lowest BCUT2D eigenvalue weighted by atomic mass is 10.0. The molecule has 0 spiro atoms. The van der Waals surface area contributed by atoms with Crippen molar-refractivity contribution in [3.63, 3.8) is 0 Å². The molecule has 2 fully saturated rings. The first-order chi connectivity index (χ1) is 17.1. The number of carboxylic acids is 1. The summed E-state index contributed by atoms with van der Waals surface area (Å²) in [5.41, 5.74) is -1.15. The maximum atomic E-state index is 13.5. The molecule has 11 heteroatoms. The number of likely N-dealkylation sites (tertiary alicyclic amines) is 1. The van der Waals surface area contributed by atoms with E-state index in [-0.39, 0.29) is 29.7 Å². The molecule has 2 N–H and O–H groups in total. The van der Waals surface area contributed by atoms with Crippen molar-refractivity contribution in [3.8, 4) is 11.3 Å². The zero-order valence-corrected chi connectivity index (χ0v) is 18.9. The first-order valence-corrected chi connectivity index (χ1v) is 11.4. The van der Waals surface area contributed by atoms with Crippen LogP contribution in [-0.4, -0.2) is 58.8 Å². The van der Waals surface area contributed by atoms with Gasteiger partial charge in [0.2, 0.25) is 0 Å². The Hall–Kier alpha value is -3.86. The second-order valence-corrected chi connectivity index (χ2v) is 8.93. The summed E-state index contributed by atoms with van der Waals surface area (Å²) in [6.45, 7) is 1.08. The molecule has 3 aromatic rings. The van der Waals surface area contributed by atoms with Crippen LogP contribution in [0.1, 0.15) is 18.4 Å². The molecule has 8 nitrogen and oxygen atoms in total. The number of nitrogens with zero attached hydrogens (tertiary/aromatic N) is 2. The molecule has 2 unspecified atom stereocenters. The second-order valence-electron chi connectivity index (χ2n) is 8.93. The van der Waals surface area contributed by atoms with Crippen LogP contribution in [0.5, 0.6) is 0 Å². The number of cyclic esters (lactones) is 1. The minimum atomic E-state index is -4.58. The average Bonchev–Trinajstić information content (AvgIpc) is 3.45. The van der Waals surface area contributed by atoms with Gasteiger partial charge in [0.15, 0.2) is 0 Å². The molecule has 188 valence electrons. The molecule has 2 saturated heterocycles. The standard InChI is InChI=1S/C25H22F3N3O5/c26-25(27,28)19-5-2-1-4-17(19)20-10-14-7-8-15(11-18(14)22(32)29-20)31-13-16(36-24(31)35)12-30-9-3-6-21(30)23(33)34/h1-2,4-5,7-8,10-11,16,21H,3,6,9,12-13H2,(H,29,32)(H,33,34). The first kappa shape index (κ1) is 23.9. The van der Waals surface area contributed by atoms with Gasteiger partial charge in [0.05, 0.1) is 12.1 Å². The first-order valence-electron chi connectivity index (χ1n) is 11.4. The summed E-state index contributed by atoms with van der Waals surface area (Å²) in [5, 5.41) is 9.99. The minimum absolute atomic E-state index is 0.0346. The molecule has 2 aliphatic heterocycles. The summed E-state index contributed by atoms with van der Waals surface area (Å²) in [7, 11) is 0. The Morgan fingerprint density at radius 2 is 1.92 bits per heavy atom. The lowest BCUT2D eigenvalue weighted by molar-refractivity contribution is -0.142. The highest BCUT2D eigenvalue weighted by Gasteiger charge is 2.38. The summed E-state index contributed by atoms with van der Waals surface area (Å²) in [6, 6.07) is 10.5. The molecule has 2 aromatic carbocycles. The number of carboxylic acid groups (broad SMARTS) is 1. The number of hydrogen-bond acceptors (Lipinski definition) is 5. The van der Waals surface area contributed by atoms with Crippen molar-refractivity contribution in [2.45, 2.75) is 31.2 Å². The molecule has 0 saturated carbocycles. The number of fused-ring (bicyclic) bond motifs is 1. The third kappa shape index (κ3) is 4.41. The van der Waals surface area contributed by atoms with Gasteiger partial charge in [-0.1, -0.05) is 24.3 Å². The van der Waals surface area contributed by atoms with E-state index in [1.54, 1.807) is 17.0 Å². The van der Waals surface area contributed by atoms with Crippen LogP contribution in [0.15, 0.2) is 53.3 Å². The molecule has 3 heterocycles. The van der Waals surface area contributed by atoms with Gasteiger partial charge in [-0.05, 0) is 49.0 Å². The quantitative estimate of drug-likeness (QED) is 0.546. The summed E-state index contributed by atoms with van der Waals surface area (Å²) >= 11 is 0. The maximum Gasteiger partial charge on any atom is 0.417 e. The third-order valence-electron chi connectivity index (χ3n) is 6.62. The fourth-order valence-corrected chi connectivity index (χ4v) is 4.94. The van der Waals surface area contributed by atoms with E-state index in [0.29, 0.717) is 24.0 Å². The van der Waals surface area contributed by atoms with Gasteiger partial charge in [0.25, 0.3) is 5.56 Å². The fourth-order valence-electron chi connectivity index (χ4n) is 4.94. The van der Waals surface area contributed by atoms with E-state index >= 15 is 0 Å². The zero-order chi connectivity index (χ0) is 25.6. The normalized spacial score (nSPS) is 20.8. The van der Waals surface area contributed by atoms with Crippen LogP contribution < -0.4 is 10.5 Å². The number of aromatic amines is 1. The van der Waals surface area contributed by atoms with E-state index in [1.807, 2.05) is 0 Å². The number of aliphatic carboxylic acids is 1. The molecule has 36 heavy (non-hydrogen) atoms. The number of hydrogen-bond donors (Lipinski definition) is 2. The molecule has 0 radical (unpaired) electrons. The van der Waals surface area contributed by atoms with Gasteiger partial charge in [0, 0.05) is 28.9 Å². The topological polar surface area (TPSA) is 103 Å². The fraction of sp³-hybridized carbons (Fsp3) is 0.320. The Morgan fingerprint density at radius 3 is 2.67 bits per heavy atom. The van der Waals surface area contributed by atoms with E-state index in [1.165, 1.54) is 35.2 Å². The number of benzene rings is 2. The predicted molar refractivity (Wildman–Crippen MR) is 125 cm³/mol. The van der Waals surface area contributed by atoms with Gasteiger partial charge in [-0.3, -0.25) is 19.4 Å². The van der Waals surface area contributed by atoms with Crippen molar-refractivity contribution in [2.24, 2.45) is 0 Å². The van der Waals surface area contributed by atoms with Gasteiger partial charge in [0.1, 0.15) is 12.1 Å². The highest BCUT2D eigenvalue weighted by molar-refractivity contribution is 5.94. The molecule has 1 aromatic heterocycles. The van der Waals surface area contributed by atoms with Crippen molar-refractivity contribution >= 4 is 28.5 Å². The van der Waals surface area contributed by atoms with Gasteiger partial charge in [-0.15, -0.1) is 0 Å². The number of alkyl halides is 3. The number of pyridine rings is 1. The van der Waals surface area contributed by atoms with Crippen molar-refractivity contribution in [1.29, 1.82) is 0 Å². The van der Waals surface area contributed by atoms with Gasteiger partial charge in [-0.25, -0.2) is 4.79 Å². The van der Waals surface area contributed by atoms with Crippen LogP contribution in [-0.2, 0) is 15.7 Å². The Kier molecular flexibility index (Phi) is 5.95. The van der Waals surface area contributed by atoms with E-state index < -0.39 is 41.5 Å². The largest absolute Gasteiger partial charge is 0.480 e. The molecule has 1 amide bonds. The monoisotopic (exact) mass is 501 g/mol. The molecule has 0 bridgehead atoms. The summed E-state index contributed by atoms with van der Waals surface area (Å²) < 4.78 is 45.8. The number of aromatic nitrogens is 1. The molecule has 0 aliphatic carbocycles. The number of carbonyl (C=O) groups excluding carboxylic acids is 1. The third-order valence-corrected chi connectivity index (χ3v) is 6.62. The highest BCUT2D eigenvalue weighted by atomic mass is 19.4. The summed E-state index contributed by atoms with van der Waals surface area (Å²) in [5.74, 6) is -0.903. The number of H-pyrrole nitrogens is 1. The lowest BCUT2D eigenvalue weighted by Gasteiger charge is -2.23. The van der Waals surface area contributed by atoms with Crippen LogP contribution in [0.25, 0.3) is 22.0 Å². The van der Waals surface area contributed by atoms with E-state index in [9.17, 15) is 32.7 Å². The average molecular weight is 501 g/mol. The summed E-state index contributed by atoms with van der Waals surface area (Å²) in [6.07, 6.45) is -4.43. The van der Waals surface area contributed by atoms with Gasteiger partial charge in [-0.2, -0.15) is 13.2 Å². The number of rotatable bonds is 5. The Morgan fingerprint density at radius 1 is 1.14 bits per heavy atom. The second kappa shape index (κ2) is 8.98. The van der Waals surface area contributed by atoms with E-state index in [4.69, 9.17) is 4.74 Å². The van der Waals surface area contributed by atoms with E-state index in [0.717, 1.165) is 12.5 Å². The number of carbonyl (C=O) groups is 2. The molecule has 2 atom stereocenters. The molecular formula is C25H22F3N3O5. The number of halogens is 3. The van der Waals surface area contributed by atoms with E-state index in [2.05, 4.69) is 4.98 Å². The molecule has 2 aliphatic rings. The molecular weight excluding hydrogens is 479 g/mol. The van der Waals surface area contributed by atoms with Crippen molar-refractivity contribution in [1.82, 2.24) is 9.88 Å². The Balaban J connectivity index is 1.41. The van der Waals surface area contributed by atoms with Crippen LogP contribution >= 0.6 is 0 Å². The summed E-state index contributed by atoms with van der Waals surface area (Å²) in [4.78, 5) is 42.5. The Labute approximate surface area is 202 Å². The SMILES string of the molecule is O=C(O)C1CCCN1CC1CN(c2ccc3cc(-c4ccccc4C(F)(F)F)[nH]c(=O)c3c2)C(=O)O1. The van der Waals surface area contributed by atoms with Crippen LogP contribution in [0.2, 0.25) is 0 Å². The Bertz CT molecular complexity index is 1400. The van der Waals surface area contributed by atoms with Crippen molar-refractivity contribution in [3.05, 3.63) is 64.4 Å². The highest BCUT2D eigenvalue weighted by Crippen LogP contribution is 2.37. The van der Waals surface area contributed by atoms with Gasteiger partial charge < -0.3 is 14.8 Å². The lowest BCUT2D eigenvalue weighted by Crippen LogP contribution is -2.41. The smallest absolute Gasteiger partial charge is 0.417 e. The predicted octanol–water partition coefficient (Wildman–Crippen LogP) is 4.09. The van der Waals surface area contributed by atoms with Crippen molar-refractivity contribution < 1.29 is 32.6 Å². The molecule has 5 rings (SSSR count). The number of amides is 1. The number of nitrogens with one attached hydrogen (secondary N) is 1. The zero-order valence-electron chi connectivity index (χ0n) is 18.9. The van der Waals surface area contributed by atoms with Gasteiger partial charge >= 0.3 is 18.2 Å². The minimum Gasteiger partial charge on any atom is -0.480 e.